The standard InChI is InChI=1S/C30H37N3O3/c1-7-32(8-2)22-14-16-25(21(6)19-22)30(28-24(29(34)36-30)13-12-18-31-28)26-20-23(33(9-3)10-4)15-17-27(26)35-11-5/h12-20H,7-11H2,1-6H3. The lowest BCUT2D eigenvalue weighted by Crippen LogP contribution is -2.33. The maximum Gasteiger partial charge on any atom is 0.341 e. The van der Waals surface area contributed by atoms with Crippen molar-refractivity contribution >= 4 is 17.3 Å². The molecule has 1 atom stereocenters. The number of aromatic nitrogens is 1. The maximum atomic E-state index is 13.3. The zero-order valence-corrected chi connectivity index (χ0v) is 22.3. The lowest BCUT2D eigenvalue weighted by Gasteiger charge is -2.34. The van der Waals surface area contributed by atoms with Crippen LogP contribution in [0.1, 0.15) is 67.4 Å². The van der Waals surface area contributed by atoms with E-state index in [1.165, 1.54) is 0 Å². The molecule has 0 fully saturated rings. The number of benzene rings is 2. The second-order valence-electron chi connectivity index (χ2n) is 8.93. The summed E-state index contributed by atoms with van der Waals surface area (Å²) in [6, 6.07) is 16.1. The molecule has 1 aliphatic heterocycles. The molecule has 2 aromatic carbocycles. The van der Waals surface area contributed by atoms with E-state index in [2.05, 4.69) is 74.8 Å². The van der Waals surface area contributed by atoms with E-state index in [4.69, 9.17) is 14.5 Å². The molecule has 2 heterocycles. The Labute approximate surface area is 214 Å². The Morgan fingerprint density at radius 2 is 1.50 bits per heavy atom. The van der Waals surface area contributed by atoms with Gasteiger partial charge in [0, 0.05) is 49.3 Å². The highest BCUT2D eigenvalue weighted by Crippen LogP contribution is 2.51. The molecule has 0 bridgehead atoms. The van der Waals surface area contributed by atoms with Crippen molar-refractivity contribution in [3.8, 4) is 5.75 Å². The summed E-state index contributed by atoms with van der Waals surface area (Å²) in [5.74, 6) is 0.313. The predicted octanol–water partition coefficient (Wildman–Crippen LogP) is 5.94. The molecular weight excluding hydrogens is 450 g/mol. The first-order valence-corrected chi connectivity index (χ1v) is 13.0. The number of rotatable bonds is 10. The van der Waals surface area contributed by atoms with Gasteiger partial charge in [0.05, 0.1) is 17.7 Å². The normalized spacial score (nSPS) is 16.4. The quantitative estimate of drug-likeness (QED) is 0.330. The van der Waals surface area contributed by atoms with Gasteiger partial charge in [-0.25, -0.2) is 4.79 Å². The fourth-order valence-electron chi connectivity index (χ4n) is 5.29. The second-order valence-corrected chi connectivity index (χ2v) is 8.93. The van der Waals surface area contributed by atoms with Crippen LogP contribution in [-0.4, -0.2) is 43.7 Å². The first-order chi connectivity index (χ1) is 17.4. The van der Waals surface area contributed by atoms with Crippen molar-refractivity contribution in [2.45, 2.75) is 47.1 Å². The molecule has 4 rings (SSSR count). The van der Waals surface area contributed by atoms with Crippen LogP contribution in [0.25, 0.3) is 0 Å². The molecule has 1 unspecified atom stereocenters. The molecule has 1 aliphatic rings. The number of carbonyl (C=O) groups is 1. The van der Waals surface area contributed by atoms with Crippen molar-refractivity contribution in [2.24, 2.45) is 0 Å². The van der Waals surface area contributed by atoms with E-state index in [-0.39, 0.29) is 5.97 Å². The van der Waals surface area contributed by atoms with E-state index in [9.17, 15) is 4.79 Å². The lowest BCUT2D eigenvalue weighted by molar-refractivity contribution is 0.0234. The van der Waals surface area contributed by atoms with Gasteiger partial charge in [0.25, 0.3) is 0 Å². The highest BCUT2D eigenvalue weighted by atomic mass is 16.6. The third-order valence-electron chi connectivity index (χ3n) is 7.10. The van der Waals surface area contributed by atoms with Crippen molar-refractivity contribution in [3.63, 3.8) is 0 Å². The van der Waals surface area contributed by atoms with Crippen molar-refractivity contribution in [3.05, 3.63) is 82.7 Å². The monoisotopic (exact) mass is 487 g/mol. The lowest BCUT2D eigenvalue weighted by atomic mass is 9.79. The number of ether oxygens (including phenoxy) is 2. The fraction of sp³-hybridized carbons (Fsp3) is 0.400. The van der Waals surface area contributed by atoms with Gasteiger partial charge in [0.2, 0.25) is 5.60 Å². The van der Waals surface area contributed by atoms with Gasteiger partial charge in [-0.3, -0.25) is 4.98 Å². The zero-order chi connectivity index (χ0) is 25.9. The predicted molar refractivity (Wildman–Crippen MR) is 145 cm³/mol. The largest absolute Gasteiger partial charge is 0.493 e. The highest BCUT2D eigenvalue weighted by Gasteiger charge is 2.52. The van der Waals surface area contributed by atoms with Gasteiger partial charge >= 0.3 is 5.97 Å². The number of nitrogens with zero attached hydrogens (tertiary/aromatic N) is 3. The Kier molecular flexibility index (Phi) is 7.53. The number of cyclic esters (lactones) is 1. The number of anilines is 2. The molecule has 36 heavy (non-hydrogen) atoms. The molecule has 0 spiro atoms. The van der Waals surface area contributed by atoms with Gasteiger partial charge in [-0.05, 0) is 89.6 Å². The number of esters is 1. The van der Waals surface area contributed by atoms with Gasteiger partial charge in [0.15, 0.2) is 0 Å². The van der Waals surface area contributed by atoms with Crippen molar-refractivity contribution in [1.29, 1.82) is 0 Å². The molecule has 0 saturated heterocycles. The fourth-order valence-corrected chi connectivity index (χ4v) is 5.29. The summed E-state index contributed by atoms with van der Waals surface area (Å²) in [4.78, 5) is 22.6. The average molecular weight is 488 g/mol. The van der Waals surface area contributed by atoms with Crippen molar-refractivity contribution in [2.75, 3.05) is 42.6 Å². The number of hydrogen-bond donors (Lipinski definition) is 0. The summed E-state index contributed by atoms with van der Waals surface area (Å²) >= 11 is 0. The summed E-state index contributed by atoms with van der Waals surface area (Å²) in [5, 5.41) is 0. The van der Waals surface area contributed by atoms with Gasteiger partial charge in [-0.15, -0.1) is 0 Å². The summed E-state index contributed by atoms with van der Waals surface area (Å²) in [7, 11) is 0. The minimum atomic E-state index is -1.22. The van der Waals surface area contributed by atoms with E-state index >= 15 is 0 Å². The number of fused-ring (bicyclic) bond motifs is 1. The highest BCUT2D eigenvalue weighted by molar-refractivity contribution is 5.96. The van der Waals surface area contributed by atoms with Crippen LogP contribution in [-0.2, 0) is 10.3 Å². The van der Waals surface area contributed by atoms with Crippen LogP contribution < -0.4 is 14.5 Å². The van der Waals surface area contributed by atoms with Gasteiger partial charge in [-0.1, -0.05) is 6.07 Å². The molecule has 190 valence electrons. The first-order valence-electron chi connectivity index (χ1n) is 13.0. The second kappa shape index (κ2) is 10.6. The molecule has 6 nitrogen and oxygen atoms in total. The van der Waals surface area contributed by atoms with Gasteiger partial charge < -0.3 is 19.3 Å². The van der Waals surface area contributed by atoms with E-state index in [1.54, 1.807) is 18.3 Å². The molecule has 0 amide bonds. The number of pyridine rings is 1. The summed E-state index contributed by atoms with van der Waals surface area (Å²) < 4.78 is 12.5. The van der Waals surface area contributed by atoms with Crippen molar-refractivity contribution in [1.82, 2.24) is 4.98 Å². The van der Waals surface area contributed by atoms with Crippen molar-refractivity contribution < 1.29 is 14.3 Å². The van der Waals surface area contributed by atoms with Crippen LogP contribution in [0.3, 0.4) is 0 Å². The summed E-state index contributed by atoms with van der Waals surface area (Å²) in [6.07, 6.45) is 1.73. The van der Waals surface area contributed by atoms with Crippen LogP contribution >= 0.6 is 0 Å². The first kappa shape index (κ1) is 25.5. The minimum absolute atomic E-state index is 0.374. The van der Waals surface area contributed by atoms with Crippen LogP contribution in [0.5, 0.6) is 5.75 Å². The molecule has 6 heteroatoms. The maximum absolute atomic E-state index is 13.3. The topological polar surface area (TPSA) is 54.9 Å². The molecule has 0 aliphatic carbocycles. The minimum Gasteiger partial charge on any atom is -0.493 e. The van der Waals surface area contributed by atoms with E-state index in [0.29, 0.717) is 23.6 Å². The number of aryl methyl sites for hydroxylation is 1. The molecular formula is C30H37N3O3. The average Bonchev–Trinajstić information content (AvgIpc) is 3.19. The van der Waals surface area contributed by atoms with E-state index < -0.39 is 5.60 Å². The Morgan fingerprint density at radius 1 is 0.861 bits per heavy atom. The number of carbonyl (C=O) groups excluding carboxylic acids is 1. The Hall–Kier alpha value is -3.54. The SMILES string of the molecule is CCOc1ccc(N(CC)CC)cc1C1(c2ccc(N(CC)CC)cc2C)OC(=O)c2cccnc21. The van der Waals surface area contributed by atoms with Crippen LogP contribution in [0.2, 0.25) is 0 Å². The Bertz CT molecular complexity index is 1230. The smallest absolute Gasteiger partial charge is 0.341 e. The third-order valence-corrected chi connectivity index (χ3v) is 7.10. The molecule has 0 N–H and O–H groups in total. The zero-order valence-electron chi connectivity index (χ0n) is 22.3. The molecule has 1 aromatic heterocycles. The molecule has 3 aromatic rings. The Balaban J connectivity index is 2.04. The van der Waals surface area contributed by atoms with Gasteiger partial charge in [0.1, 0.15) is 11.4 Å². The summed E-state index contributed by atoms with van der Waals surface area (Å²) in [6.45, 7) is 16.7. The molecule has 0 radical (unpaired) electrons. The third kappa shape index (κ3) is 4.19. The van der Waals surface area contributed by atoms with Crippen LogP contribution in [0, 0.1) is 6.92 Å². The number of hydrogen-bond acceptors (Lipinski definition) is 6. The van der Waals surface area contributed by atoms with E-state index in [0.717, 1.165) is 54.2 Å². The summed E-state index contributed by atoms with van der Waals surface area (Å²) in [5.41, 5.74) is 4.78. The van der Waals surface area contributed by atoms with E-state index in [1.807, 2.05) is 13.0 Å². The van der Waals surface area contributed by atoms with Crippen LogP contribution in [0.15, 0.2) is 54.7 Å². The van der Waals surface area contributed by atoms with Gasteiger partial charge in [-0.2, -0.15) is 0 Å². The Morgan fingerprint density at radius 3 is 2.11 bits per heavy atom. The van der Waals surface area contributed by atoms with Crippen LogP contribution in [0.4, 0.5) is 11.4 Å². The molecule has 0 saturated carbocycles.